The molecule has 1 aliphatic heterocycles. The molecule has 1 heterocycles. The Bertz CT molecular complexity index is 639. The number of carbonyl (C=O) groups is 1. The molecule has 1 aromatic rings. The highest BCUT2D eigenvalue weighted by atomic mass is 32.2. The lowest BCUT2D eigenvalue weighted by Crippen LogP contribution is -2.48. The van der Waals surface area contributed by atoms with Crippen LogP contribution in [-0.2, 0) is 19.6 Å². The Hall–Kier alpha value is -1.40. The smallest absolute Gasteiger partial charge is 0.324 e. The van der Waals surface area contributed by atoms with E-state index in [4.69, 9.17) is 4.74 Å². The fourth-order valence-corrected chi connectivity index (χ4v) is 5.73. The molecule has 1 saturated carbocycles. The minimum atomic E-state index is -3.47. The van der Waals surface area contributed by atoms with Gasteiger partial charge in [-0.3, -0.25) is 4.79 Å². The van der Waals surface area contributed by atoms with Crippen molar-refractivity contribution in [1.29, 1.82) is 0 Å². The molecule has 1 aromatic carbocycles. The molecular weight excluding hydrogens is 302 g/mol. The number of rotatable bonds is 4. The molecule has 0 spiro atoms. The summed E-state index contributed by atoms with van der Waals surface area (Å²) in [6.45, 7) is 0. The van der Waals surface area contributed by atoms with Crippen molar-refractivity contribution in [2.75, 3.05) is 7.11 Å². The molecule has 0 aromatic heterocycles. The van der Waals surface area contributed by atoms with E-state index in [1.54, 1.807) is 0 Å². The average molecular weight is 323 g/mol. The Morgan fingerprint density at radius 2 is 1.82 bits per heavy atom. The maximum Gasteiger partial charge on any atom is 0.324 e. The van der Waals surface area contributed by atoms with Crippen molar-refractivity contribution in [2.45, 2.75) is 49.4 Å². The Kier molecular flexibility index (Phi) is 4.23. The van der Waals surface area contributed by atoms with Gasteiger partial charge in [-0.25, -0.2) is 8.42 Å². The van der Waals surface area contributed by atoms with Crippen LogP contribution in [0, 0.1) is 0 Å². The molecule has 6 heteroatoms. The molecular formula is C16H21NO4S. The lowest BCUT2D eigenvalue weighted by Gasteiger charge is -2.35. The number of ether oxygens (including phenoxy) is 1. The predicted octanol–water partition coefficient (Wildman–Crippen LogP) is 2.25. The molecule has 2 aliphatic rings. The predicted molar refractivity (Wildman–Crippen MR) is 82.6 cm³/mol. The van der Waals surface area contributed by atoms with Gasteiger partial charge >= 0.3 is 5.97 Å². The van der Waals surface area contributed by atoms with E-state index in [9.17, 15) is 13.2 Å². The van der Waals surface area contributed by atoms with Gasteiger partial charge in [-0.2, -0.15) is 4.31 Å². The molecule has 3 rings (SSSR count). The first-order chi connectivity index (χ1) is 10.6. The molecule has 2 fully saturated rings. The van der Waals surface area contributed by atoms with Crippen LogP contribution < -0.4 is 0 Å². The number of hydrogen-bond donors (Lipinski definition) is 0. The van der Waals surface area contributed by atoms with Gasteiger partial charge in [0.05, 0.1) is 18.4 Å². The third-order valence-electron chi connectivity index (χ3n) is 4.75. The van der Waals surface area contributed by atoms with Gasteiger partial charge in [0, 0.05) is 0 Å². The molecule has 0 bridgehead atoms. The number of benzene rings is 1. The Morgan fingerprint density at radius 3 is 2.36 bits per heavy atom. The van der Waals surface area contributed by atoms with E-state index < -0.39 is 22.0 Å². The van der Waals surface area contributed by atoms with Gasteiger partial charge in [0.15, 0.2) is 0 Å². The average Bonchev–Trinajstić information content (AvgIpc) is 2.90. The summed E-state index contributed by atoms with van der Waals surface area (Å²) < 4.78 is 32.2. The lowest BCUT2D eigenvalue weighted by atomic mass is 10.0. The van der Waals surface area contributed by atoms with Crippen LogP contribution >= 0.6 is 0 Å². The fraction of sp³-hybridized carbons (Fsp3) is 0.562. The van der Waals surface area contributed by atoms with Crippen LogP contribution in [0.15, 0.2) is 30.3 Å². The van der Waals surface area contributed by atoms with Crippen molar-refractivity contribution in [3.63, 3.8) is 0 Å². The summed E-state index contributed by atoms with van der Waals surface area (Å²) in [6, 6.07) is 8.59. The number of esters is 1. The highest BCUT2D eigenvalue weighted by Gasteiger charge is 2.49. The van der Waals surface area contributed by atoms with Gasteiger partial charge in [0.25, 0.3) is 0 Å². The van der Waals surface area contributed by atoms with Crippen molar-refractivity contribution >= 4 is 16.0 Å². The molecule has 2 atom stereocenters. The van der Waals surface area contributed by atoms with E-state index >= 15 is 0 Å². The second kappa shape index (κ2) is 6.01. The van der Waals surface area contributed by atoms with Crippen molar-refractivity contribution in [1.82, 2.24) is 4.31 Å². The zero-order valence-electron chi connectivity index (χ0n) is 12.6. The quantitative estimate of drug-likeness (QED) is 0.797. The van der Waals surface area contributed by atoms with Crippen molar-refractivity contribution in [3.05, 3.63) is 35.9 Å². The van der Waals surface area contributed by atoms with Gasteiger partial charge < -0.3 is 4.74 Å². The molecule has 0 radical (unpaired) electrons. The fourth-order valence-electron chi connectivity index (χ4n) is 3.33. The first-order valence-electron chi connectivity index (χ1n) is 7.71. The molecule has 1 saturated heterocycles. The first kappa shape index (κ1) is 15.5. The third kappa shape index (κ3) is 2.54. The normalized spacial score (nSPS) is 26.6. The number of carbonyl (C=O) groups excluding carboxylic acids is 1. The van der Waals surface area contributed by atoms with Crippen LogP contribution in [0.5, 0.6) is 0 Å². The molecule has 0 unspecified atom stereocenters. The number of methoxy groups -OCH3 is 1. The Balaban J connectivity index is 1.98. The summed E-state index contributed by atoms with van der Waals surface area (Å²) in [4.78, 5) is 12.0. The van der Waals surface area contributed by atoms with Crippen LogP contribution in [-0.4, -0.2) is 37.1 Å². The molecule has 5 nitrogen and oxygen atoms in total. The summed E-state index contributed by atoms with van der Waals surface area (Å²) in [6.07, 6.45) is 3.48. The summed E-state index contributed by atoms with van der Waals surface area (Å²) in [5.41, 5.74) is 0.941. The molecule has 0 N–H and O–H groups in total. The Morgan fingerprint density at radius 1 is 1.14 bits per heavy atom. The second-order valence-corrected chi connectivity index (χ2v) is 8.09. The summed E-state index contributed by atoms with van der Waals surface area (Å²) in [5, 5.41) is -0.344. The summed E-state index contributed by atoms with van der Waals surface area (Å²) in [5.74, 6) is -0.457. The van der Waals surface area contributed by atoms with Crippen LogP contribution in [0.3, 0.4) is 0 Å². The first-order valence-corrected chi connectivity index (χ1v) is 9.21. The van der Waals surface area contributed by atoms with E-state index in [2.05, 4.69) is 0 Å². The van der Waals surface area contributed by atoms with E-state index in [0.29, 0.717) is 25.7 Å². The minimum absolute atomic E-state index is 0.268. The summed E-state index contributed by atoms with van der Waals surface area (Å²) >= 11 is 0. The highest BCUT2D eigenvalue weighted by molar-refractivity contribution is 7.89. The SMILES string of the molecule is COC(=O)[C@H]1CC[C@@H](c2ccccc2)N1S(=O)(=O)C1CCC1. The lowest BCUT2D eigenvalue weighted by molar-refractivity contribution is -0.144. The monoisotopic (exact) mass is 323 g/mol. The Labute approximate surface area is 131 Å². The number of sulfonamides is 1. The van der Waals surface area contributed by atoms with E-state index in [1.807, 2.05) is 30.3 Å². The molecule has 1 aliphatic carbocycles. The summed E-state index contributed by atoms with van der Waals surface area (Å²) in [7, 11) is -2.16. The highest BCUT2D eigenvalue weighted by Crippen LogP contribution is 2.42. The minimum Gasteiger partial charge on any atom is -0.468 e. The van der Waals surface area contributed by atoms with E-state index in [1.165, 1.54) is 11.4 Å². The molecule has 120 valence electrons. The van der Waals surface area contributed by atoms with Crippen LogP contribution in [0.1, 0.15) is 43.7 Å². The maximum absolute atomic E-state index is 12.9. The van der Waals surface area contributed by atoms with Gasteiger partial charge in [0.2, 0.25) is 10.0 Å². The van der Waals surface area contributed by atoms with Crippen molar-refractivity contribution in [2.24, 2.45) is 0 Å². The molecule has 22 heavy (non-hydrogen) atoms. The van der Waals surface area contributed by atoms with E-state index in [0.717, 1.165) is 12.0 Å². The number of nitrogens with zero attached hydrogens (tertiary/aromatic N) is 1. The molecule has 0 amide bonds. The van der Waals surface area contributed by atoms with Crippen LogP contribution in [0.4, 0.5) is 0 Å². The second-order valence-electron chi connectivity index (χ2n) is 5.97. The largest absolute Gasteiger partial charge is 0.468 e. The van der Waals surface area contributed by atoms with E-state index in [-0.39, 0.29) is 11.3 Å². The van der Waals surface area contributed by atoms with Crippen molar-refractivity contribution < 1.29 is 17.9 Å². The third-order valence-corrected chi connectivity index (χ3v) is 7.16. The zero-order chi connectivity index (χ0) is 15.7. The van der Waals surface area contributed by atoms with Crippen LogP contribution in [0.2, 0.25) is 0 Å². The van der Waals surface area contributed by atoms with Gasteiger partial charge in [-0.15, -0.1) is 0 Å². The standard InChI is InChI=1S/C16H21NO4S/c1-21-16(18)15-11-10-14(12-6-3-2-4-7-12)17(15)22(19,20)13-8-5-9-13/h2-4,6-7,13-15H,5,8-11H2,1H3/t14-,15+/m0/s1. The van der Waals surface area contributed by atoms with Crippen LogP contribution in [0.25, 0.3) is 0 Å². The van der Waals surface area contributed by atoms with Crippen molar-refractivity contribution in [3.8, 4) is 0 Å². The zero-order valence-corrected chi connectivity index (χ0v) is 13.5. The van der Waals surface area contributed by atoms with Gasteiger partial charge in [0.1, 0.15) is 6.04 Å². The van der Waals surface area contributed by atoms with Gasteiger partial charge in [-0.05, 0) is 31.2 Å². The maximum atomic E-state index is 12.9. The van der Waals surface area contributed by atoms with Gasteiger partial charge in [-0.1, -0.05) is 36.8 Å². The topological polar surface area (TPSA) is 63.7 Å². The number of hydrogen-bond acceptors (Lipinski definition) is 4.